The van der Waals surface area contributed by atoms with Crippen LogP contribution in [0.5, 0.6) is 0 Å². The van der Waals surface area contributed by atoms with Crippen molar-refractivity contribution in [3.8, 4) is 0 Å². The van der Waals surface area contributed by atoms with Crippen LogP contribution in [0.3, 0.4) is 0 Å². The van der Waals surface area contributed by atoms with Crippen molar-refractivity contribution in [2.75, 3.05) is 0 Å². The Balaban J connectivity index is 2.73. The summed E-state index contributed by atoms with van der Waals surface area (Å²) >= 11 is 5.74. The van der Waals surface area contributed by atoms with Crippen LogP contribution in [0.15, 0.2) is 30.3 Å². The van der Waals surface area contributed by atoms with Crippen molar-refractivity contribution in [1.29, 1.82) is 0 Å². The topological polar surface area (TPSA) is 63.3 Å². The zero-order chi connectivity index (χ0) is 10.6. The van der Waals surface area contributed by atoms with E-state index in [1.165, 1.54) is 6.08 Å². The first kappa shape index (κ1) is 10.8. The van der Waals surface area contributed by atoms with Gasteiger partial charge in [0.05, 0.1) is 0 Å². The summed E-state index contributed by atoms with van der Waals surface area (Å²) in [4.78, 5) is 10.4. The smallest absolute Gasteiger partial charge is 0.324 e. The second-order valence-corrected chi connectivity index (χ2v) is 3.21. The van der Waals surface area contributed by atoms with Crippen molar-refractivity contribution in [1.82, 2.24) is 0 Å². The molecule has 0 aliphatic carbocycles. The molecule has 1 unspecified atom stereocenters. The van der Waals surface area contributed by atoms with Gasteiger partial charge < -0.3 is 10.8 Å². The Bertz CT molecular complexity index is 363. The molecule has 74 valence electrons. The Morgan fingerprint density at radius 3 is 2.86 bits per heavy atom. The molecular weight excluding hydrogens is 202 g/mol. The van der Waals surface area contributed by atoms with E-state index in [1.807, 2.05) is 6.07 Å². The Morgan fingerprint density at radius 2 is 2.29 bits per heavy atom. The number of benzene rings is 1. The van der Waals surface area contributed by atoms with E-state index < -0.39 is 12.0 Å². The number of hydrogen-bond acceptors (Lipinski definition) is 2. The molecule has 0 bridgehead atoms. The molecule has 14 heavy (non-hydrogen) atoms. The van der Waals surface area contributed by atoms with E-state index in [0.29, 0.717) is 5.02 Å². The van der Waals surface area contributed by atoms with Gasteiger partial charge in [0, 0.05) is 5.02 Å². The number of nitrogens with two attached hydrogens (primary N) is 1. The number of carbonyl (C=O) groups is 1. The van der Waals surface area contributed by atoms with Gasteiger partial charge in [-0.15, -0.1) is 0 Å². The third-order valence-corrected chi connectivity index (χ3v) is 1.86. The fraction of sp³-hybridized carbons (Fsp3) is 0.100. The molecule has 0 saturated carbocycles. The fourth-order valence-corrected chi connectivity index (χ4v) is 1.11. The third-order valence-electron chi connectivity index (χ3n) is 1.63. The number of carboxylic acid groups (broad SMARTS) is 1. The number of aliphatic carboxylic acids is 1. The van der Waals surface area contributed by atoms with Crippen LogP contribution in [0.1, 0.15) is 5.56 Å². The zero-order valence-electron chi connectivity index (χ0n) is 7.35. The Hall–Kier alpha value is -1.32. The maximum atomic E-state index is 10.4. The summed E-state index contributed by atoms with van der Waals surface area (Å²) in [6.07, 6.45) is 3.04. The van der Waals surface area contributed by atoms with Crippen LogP contribution in [-0.2, 0) is 4.79 Å². The molecule has 0 heterocycles. The van der Waals surface area contributed by atoms with E-state index in [4.69, 9.17) is 22.4 Å². The van der Waals surface area contributed by atoms with E-state index in [1.54, 1.807) is 24.3 Å². The molecule has 0 aliphatic heterocycles. The molecule has 0 spiro atoms. The Labute approximate surface area is 86.8 Å². The van der Waals surface area contributed by atoms with Crippen molar-refractivity contribution < 1.29 is 9.90 Å². The average Bonchev–Trinajstić information content (AvgIpc) is 2.14. The van der Waals surface area contributed by atoms with Gasteiger partial charge in [0.15, 0.2) is 0 Å². The molecule has 0 fully saturated rings. The summed E-state index contributed by atoms with van der Waals surface area (Å²) in [6, 6.07) is 6.10. The predicted octanol–water partition coefficient (Wildman–Crippen LogP) is 1.77. The molecule has 4 heteroatoms. The van der Waals surface area contributed by atoms with Gasteiger partial charge in [0.25, 0.3) is 0 Å². The van der Waals surface area contributed by atoms with Crippen molar-refractivity contribution in [2.45, 2.75) is 6.04 Å². The third kappa shape index (κ3) is 3.20. The summed E-state index contributed by atoms with van der Waals surface area (Å²) in [5.41, 5.74) is 6.11. The molecule has 0 aliphatic rings. The van der Waals surface area contributed by atoms with Crippen molar-refractivity contribution >= 4 is 23.6 Å². The lowest BCUT2D eigenvalue weighted by atomic mass is 10.2. The lowest BCUT2D eigenvalue weighted by Gasteiger charge is -1.98. The van der Waals surface area contributed by atoms with Gasteiger partial charge in [-0.2, -0.15) is 0 Å². The second-order valence-electron chi connectivity index (χ2n) is 2.78. The highest BCUT2D eigenvalue weighted by molar-refractivity contribution is 6.30. The van der Waals surface area contributed by atoms with Crippen molar-refractivity contribution in [2.24, 2.45) is 5.73 Å². The van der Waals surface area contributed by atoms with Gasteiger partial charge >= 0.3 is 5.97 Å². The molecule has 3 N–H and O–H groups in total. The van der Waals surface area contributed by atoms with E-state index >= 15 is 0 Å². The van der Waals surface area contributed by atoms with Crippen LogP contribution in [0, 0.1) is 0 Å². The fourth-order valence-electron chi connectivity index (χ4n) is 0.907. The van der Waals surface area contributed by atoms with E-state index in [0.717, 1.165) is 5.56 Å². The highest BCUT2D eigenvalue weighted by Crippen LogP contribution is 2.11. The summed E-state index contributed by atoms with van der Waals surface area (Å²) in [5.74, 6) is -1.05. The van der Waals surface area contributed by atoms with Crippen LogP contribution in [0.4, 0.5) is 0 Å². The average molecular weight is 212 g/mol. The zero-order valence-corrected chi connectivity index (χ0v) is 8.11. The van der Waals surface area contributed by atoms with Crippen molar-refractivity contribution in [3.05, 3.63) is 40.9 Å². The first-order valence-corrected chi connectivity index (χ1v) is 4.39. The second kappa shape index (κ2) is 4.79. The molecule has 1 aromatic rings. The maximum absolute atomic E-state index is 10.4. The quantitative estimate of drug-likeness (QED) is 0.801. The molecule has 0 amide bonds. The van der Waals surface area contributed by atoms with Gasteiger partial charge in [-0.05, 0) is 17.7 Å². The van der Waals surface area contributed by atoms with Crippen LogP contribution < -0.4 is 5.73 Å². The molecule has 0 aromatic heterocycles. The monoisotopic (exact) mass is 211 g/mol. The molecule has 1 aromatic carbocycles. The van der Waals surface area contributed by atoms with Gasteiger partial charge in [-0.3, -0.25) is 4.79 Å². The summed E-state index contributed by atoms with van der Waals surface area (Å²) in [7, 11) is 0. The van der Waals surface area contributed by atoms with Gasteiger partial charge in [0.2, 0.25) is 0 Å². The largest absolute Gasteiger partial charge is 0.480 e. The lowest BCUT2D eigenvalue weighted by molar-refractivity contribution is -0.137. The Kier molecular flexibility index (Phi) is 3.68. The van der Waals surface area contributed by atoms with Gasteiger partial charge in [0.1, 0.15) is 6.04 Å². The molecule has 1 atom stereocenters. The number of hydrogen-bond donors (Lipinski definition) is 2. The van der Waals surface area contributed by atoms with Crippen LogP contribution >= 0.6 is 11.6 Å². The molecular formula is C10H10ClNO2. The first-order valence-electron chi connectivity index (χ1n) is 4.02. The summed E-state index contributed by atoms with van der Waals surface area (Å²) < 4.78 is 0. The van der Waals surface area contributed by atoms with Crippen molar-refractivity contribution in [3.63, 3.8) is 0 Å². The highest BCUT2D eigenvalue weighted by Gasteiger charge is 2.05. The minimum Gasteiger partial charge on any atom is -0.480 e. The van der Waals surface area contributed by atoms with Crippen LogP contribution in [0.2, 0.25) is 5.02 Å². The molecule has 0 saturated heterocycles. The number of rotatable bonds is 3. The van der Waals surface area contributed by atoms with Crippen LogP contribution in [0.25, 0.3) is 6.08 Å². The SMILES string of the molecule is NC(C=Cc1cccc(Cl)c1)C(=O)O. The minimum absolute atomic E-state index is 0.607. The van der Waals surface area contributed by atoms with E-state index in [2.05, 4.69) is 0 Å². The number of carboxylic acids is 1. The summed E-state index contributed by atoms with van der Waals surface area (Å²) in [6.45, 7) is 0. The van der Waals surface area contributed by atoms with Crippen LogP contribution in [-0.4, -0.2) is 17.1 Å². The predicted molar refractivity (Wildman–Crippen MR) is 56.1 cm³/mol. The number of halogens is 1. The standard InChI is InChI=1S/C10H10ClNO2/c11-8-3-1-2-7(6-8)4-5-9(12)10(13)14/h1-6,9H,12H2,(H,13,14). The van der Waals surface area contributed by atoms with Gasteiger partial charge in [-0.25, -0.2) is 0 Å². The van der Waals surface area contributed by atoms with E-state index in [-0.39, 0.29) is 0 Å². The first-order chi connectivity index (χ1) is 6.59. The van der Waals surface area contributed by atoms with E-state index in [9.17, 15) is 4.79 Å². The molecule has 3 nitrogen and oxygen atoms in total. The Morgan fingerprint density at radius 1 is 1.57 bits per heavy atom. The molecule has 0 radical (unpaired) electrons. The minimum atomic E-state index is -1.05. The normalized spacial score (nSPS) is 13.0. The summed E-state index contributed by atoms with van der Waals surface area (Å²) in [5, 5.41) is 9.12. The van der Waals surface area contributed by atoms with Gasteiger partial charge in [-0.1, -0.05) is 35.9 Å². The molecule has 1 rings (SSSR count). The highest BCUT2D eigenvalue weighted by atomic mass is 35.5. The maximum Gasteiger partial charge on any atom is 0.324 e. The lowest BCUT2D eigenvalue weighted by Crippen LogP contribution is -2.27.